The zero-order chi connectivity index (χ0) is 17.0. The molecule has 1 aliphatic rings. The van der Waals surface area contributed by atoms with Gasteiger partial charge in [-0.1, -0.05) is 29.8 Å². The van der Waals surface area contributed by atoms with Gasteiger partial charge in [0.1, 0.15) is 0 Å². The van der Waals surface area contributed by atoms with Crippen molar-refractivity contribution in [3.05, 3.63) is 28.2 Å². The Labute approximate surface area is 145 Å². The molecule has 1 aliphatic carbocycles. The molecule has 5 nitrogen and oxygen atoms in total. The number of hydrogen-bond acceptors (Lipinski definition) is 2. The molecule has 0 spiro atoms. The summed E-state index contributed by atoms with van der Waals surface area (Å²) in [6.07, 6.45) is 2.66. The van der Waals surface area contributed by atoms with E-state index in [4.69, 9.17) is 5.11 Å². The van der Waals surface area contributed by atoms with Gasteiger partial charge in [0.25, 0.3) is 0 Å². The molecule has 0 radical (unpaired) electrons. The molecule has 1 fully saturated rings. The Morgan fingerprint density at radius 2 is 1.87 bits per heavy atom. The van der Waals surface area contributed by atoms with E-state index < -0.39 is 5.97 Å². The molecule has 0 unspecified atom stereocenters. The van der Waals surface area contributed by atoms with E-state index in [0.717, 1.165) is 15.7 Å². The topological polar surface area (TPSA) is 78.4 Å². The van der Waals surface area contributed by atoms with Crippen LogP contribution in [0.15, 0.2) is 22.7 Å². The van der Waals surface area contributed by atoms with Gasteiger partial charge in [-0.3, -0.25) is 4.79 Å². The normalized spacial score (nSPS) is 21.0. The zero-order valence-electron chi connectivity index (χ0n) is 13.4. The van der Waals surface area contributed by atoms with Gasteiger partial charge in [-0.2, -0.15) is 0 Å². The molecule has 1 aromatic rings. The minimum atomic E-state index is -0.732. The van der Waals surface area contributed by atoms with Gasteiger partial charge >= 0.3 is 12.0 Å². The number of nitrogens with one attached hydrogen (secondary N) is 2. The fraction of sp³-hybridized carbons (Fsp3) is 0.529. The van der Waals surface area contributed by atoms with E-state index in [1.165, 1.54) is 0 Å². The summed E-state index contributed by atoms with van der Waals surface area (Å²) in [6.45, 7) is 4.16. The van der Waals surface area contributed by atoms with Gasteiger partial charge in [0.15, 0.2) is 0 Å². The van der Waals surface area contributed by atoms with Crippen LogP contribution in [0.3, 0.4) is 0 Å². The number of benzene rings is 1. The summed E-state index contributed by atoms with van der Waals surface area (Å²) < 4.78 is 0.985. The van der Waals surface area contributed by atoms with E-state index in [1.54, 1.807) is 0 Å². The Morgan fingerprint density at radius 3 is 2.43 bits per heavy atom. The number of halogens is 1. The summed E-state index contributed by atoms with van der Waals surface area (Å²) in [7, 11) is 0. The van der Waals surface area contributed by atoms with Gasteiger partial charge in [0, 0.05) is 16.2 Å². The van der Waals surface area contributed by atoms with Crippen LogP contribution in [0.2, 0.25) is 0 Å². The van der Waals surface area contributed by atoms with E-state index in [1.807, 2.05) is 18.2 Å². The predicted molar refractivity (Wildman–Crippen MR) is 93.8 cm³/mol. The van der Waals surface area contributed by atoms with Crippen molar-refractivity contribution in [1.82, 2.24) is 5.32 Å². The maximum Gasteiger partial charge on any atom is 0.319 e. The minimum absolute atomic E-state index is 0.0450. The van der Waals surface area contributed by atoms with Crippen molar-refractivity contribution in [3.8, 4) is 0 Å². The first-order valence-corrected chi connectivity index (χ1v) is 8.76. The molecule has 2 rings (SSSR count). The summed E-state index contributed by atoms with van der Waals surface area (Å²) >= 11 is 3.45. The SMILES string of the molecule is CC(C)c1cc(Br)ccc1NC(=O)NC1CCC(C(=O)O)CC1. The lowest BCUT2D eigenvalue weighted by Crippen LogP contribution is -2.41. The lowest BCUT2D eigenvalue weighted by atomic mass is 9.86. The second-order valence-corrected chi connectivity index (χ2v) is 7.29. The fourth-order valence-corrected chi connectivity index (χ4v) is 3.33. The Kier molecular flexibility index (Phi) is 6.04. The van der Waals surface area contributed by atoms with E-state index in [0.29, 0.717) is 31.6 Å². The smallest absolute Gasteiger partial charge is 0.319 e. The van der Waals surface area contributed by atoms with Crippen LogP contribution in [0.25, 0.3) is 0 Å². The van der Waals surface area contributed by atoms with Crippen LogP contribution in [-0.2, 0) is 4.79 Å². The molecule has 126 valence electrons. The maximum atomic E-state index is 12.2. The van der Waals surface area contributed by atoms with E-state index in [2.05, 4.69) is 40.4 Å². The third-order valence-electron chi connectivity index (χ3n) is 4.30. The van der Waals surface area contributed by atoms with Gasteiger partial charge in [0.05, 0.1) is 5.92 Å². The molecule has 0 atom stereocenters. The number of amides is 2. The third-order valence-corrected chi connectivity index (χ3v) is 4.79. The van der Waals surface area contributed by atoms with Crippen LogP contribution >= 0.6 is 15.9 Å². The molecule has 2 amide bonds. The van der Waals surface area contributed by atoms with Crippen molar-refractivity contribution in [2.45, 2.75) is 51.5 Å². The summed E-state index contributed by atoms with van der Waals surface area (Å²) in [5, 5.41) is 14.9. The molecular weight excluding hydrogens is 360 g/mol. The monoisotopic (exact) mass is 382 g/mol. The largest absolute Gasteiger partial charge is 0.481 e. The van der Waals surface area contributed by atoms with Crippen molar-refractivity contribution >= 4 is 33.6 Å². The van der Waals surface area contributed by atoms with E-state index >= 15 is 0 Å². The van der Waals surface area contributed by atoms with E-state index in [-0.39, 0.29) is 18.0 Å². The molecule has 0 heterocycles. The lowest BCUT2D eigenvalue weighted by Gasteiger charge is -2.27. The summed E-state index contributed by atoms with van der Waals surface area (Å²) in [4.78, 5) is 23.2. The molecule has 0 saturated heterocycles. The van der Waals surface area contributed by atoms with Gasteiger partial charge in [-0.05, 0) is 55.4 Å². The molecule has 0 aromatic heterocycles. The predicted octanol–water partition coefficient (Wildman–Crippen LogP) is 4.34. The van der Waals surface area contributed by atoms with Crippen LogP contribution in [-0.4, -0.2) is 23.1 Å². The summed E-state index contributed by atoms with van der Waals surface area (Å²) in [5.74, 6) is -0.701. The number of anilines is 1. The van der Waals surface area contributed by atoms with Crippen LogP contribution in [0, 0.1) is 5.92 Å². The van der Waals surface area contributed by atoms with Gasteiger partial charge < -0.3 is 15.7 Å². The van der Waals surface area contributed by atoms with Crippen LogP contribution in [0.5, 0.6) is 0 Å². The fourth-order valence-electron chi connectivity index (χ4n) is 2.95. The standard InChI is InChI=1S/C17H23BrN2O3/c1-10(2)14-9-12(18)5-8-15(14)20-17(23)19-13-6-3-11(4-7-13)16(21)22/h5,8-11,13H,3-4,6-7H2,1-2H3,(H,21,22)(H2,19,20,23). The maximum absolute atomic E-state index is 12.2. The Morgan fingerprint density at radius 1 is 1.22 bits per heavy atom. The Hall–Kier alpha value is -1.56. The van der Waals surface area contributed by atoms with Crippen LogP contribution in [0.1, 0.15) is 51.0 Å². The first kappa shape index (κ1) is 17.8. The highest BCUT2D eigenvalue weighted by Gasteiger charge is 2.26. The highest BCUT2D eigenvalue weighted by Crippen LogP contribution is 2.28. The molecule has 6 heteroatoms. The Bertz CT molecular complexity index is 581. The van der Waals surface area contributed by atoms with Crippen molar-refractivity contribution < 1.29 is 14.7 Å². The number of rotatable bonds is 4. The molecule has 1 aromatic carbocycles. The first-order valence-electron chi connectivity index (χ1n) is 7.96. The number of hydrogen-bond donors (Lipinski definition) is 3. The molecule has 0 aliphatic heterocycles. The van der Waals surface area contributed by atoms with Gasteiger partial charge in [0.2, 0.25) is 0 Å². The summed E-state index contributed by atoms with van der Waals surface area (Å²) in [5.41, 5.74) is 1.88. The average molecular weight is 383 g/mol. The third kappa shape index (κ3) is 4.96. The molecule has 23 heavy (non-hydrogen) atoms. The Balaban J connectivity index is 1.92. The number of carbonyl (C=O) groups is 2. The second kappa shape index (κ2) is 7.81. The van der Waals surface area contributed by atoms with Crippen molar-refractivity contribution in [2.24, 2.45) is 5.92 Å². The van der Waals surface area contributed by atoms with Gasteiger partial charge in [-0.15, -0.1) is 0 Å². The van der Waals surface area contributed by atoms with Crippen molar-refractivity contribution in [1.29, 1.82) is 0 Å². The van der Waals surface area contributed by atoms with Crippen LogP contribution in [0.4, 0.5) is 10.5 Å². The van der Waals surface area contributed by atoms with Crippen LogP contribution < -0.4 is 10.6 Å². The number of carboxylic acid groups (broad SMARTS) is 1. The first-order chi connectivity index (χ1) is 10.9. The average Bonchev–Trinajstić information content (AvgIpc) is 2.49. The number of urea groups is 1. The molecular formula is C17H23BrN2O3. The lowest BCUT2D eigenvalue weighted by molar-refractivity contribution is -0.142. The van der Waals surface area contributed by atoms with Crippen molar-refractivity contribution in [2.75, 3.05) is 5.32 Å². The highest BCUT2D eigenvalue weighted by atomic mass is 79.9. The molecule has 0 bridgehead atoms. The quantitative estimate of drug-likeness (QED) is 0.724. The number of carboxylic acids is 1. The van der Waals surface area contributed by atoms with Gasteiger partial charge in [-0.25, -0.2) is 4.79 Å². The number of carbonyl (C=O) groups excluding carboxylic acids is 1. The second-order valence-electron chi connectivity index (χ2n) is 6.37. The minimum Gasteiger partial charge on any atom is -0.481 e. The van der Waals surface area contributed by atoms with E-state index in [9.17, 15) is 9.59 Å². The zero-order valence-corrected chi connectivity index (χ0v) is 15.0. The number of aliphatic carboxylic acids is 1. The highest BCUT2D eigenvalue weighted by molar-refractivity contribution is 9.10. The summed E-state index contributed by atoms with van der Waals surface area (Å²) in [6, 6.07) is 5.62. The molecule has 3 N–H and O–H groups in total. The van der Waals surface area contributed by atoms with Crippen molar-refractivity contribution in [3.63, 3.8) is 0 Å². The molecule has 1 saturated carbocycles.